The van der Waals surface area contributed by atoms with Crippen molar-refractivity contribution in [3.05, 3.63) is 38.8 Å². The monoisotopic (exact) mass is 344 g/mol. The average Bonchev–Trinajstić information content (AvgIpc) is 2.80. The summed E-state index contributed by atoms with van der Waals surface area (Å²) in [5, 5.41) is 4.25. The Morgan fingerprint density at radius 3 is 2.38 bits per heavy atom. The summed E-state index contributed by atoms with van der Waals surface area (Å²) in [5.74, 6) is -0.918. The zero-order valence-corrected chi connectivity index (χ0v) is 13.4. The van der Waals surface area contributed by atoms with Crippen molar-refractivity contribution in [2.24, 2.45) is 0 Å². The normalized spacial score (nSPS) is 10.3. The Hall–Kier alpha value is -1.63. The van der Waals surface area contributed by atoms with Gasteiger partial charge >= 0.3 is 5.97 Å². The number of carbonyl (C=O) groups excluding carboxylic acids is 2. The fourth-order valence-electron chi connectivity index (χ4n) is 1.60. The summed E-state index contributed by atoms with van der Waals surface area (Å²) >= 11 is 12.9. The van der Waals surface area contributed by atoms with Gasteiger partial charge in [0.15, 0.2) is 16.6 Å². The number of ketones is 1. The van der Waals surface area contributed by atoms with Crippen LogP contribution in [-0.2, 0) is 4.74 Å². The Balaban J connectivity index is 2.36. The van der Waals surface area contributed by atoms with Gasteiger partial charge in [-0.1, -0.05) is 34.5 Å². The third kappa shape index (κ3) is 3.72. The van der Waals surface area contributed by atoms with Crippen molar-refractivity contribution in [2.75, 3.05) is 12.4 Å². The van der Waals surface area contributed by atoms with E-state index < -0.39 is 5.97 Å². The average molecular weight is 345 g/mol. The Labute approximate surface area is 134 Å². The number of Topliss-reactive ketones (excluding diaryl/α,β-unsaturated/α-hetero) is 1. The van der Waals surface area contributed by atoms with E-state index in [1.54, 1.807) is 18.2 Å². The van der Waals surface area contributed by atoms with Crippen LogP contribution in [0.1, 0.15) is 27.1 Å². The molecule has 5 nitrogen and oxygen atoms in total. The van der Waals surface area contributed by atoms with Crippen molar-refractivity contribution < 1.29 is 14.3 Å². The zero-order chi connectivity index (χ0) is 15.6. The number of halogens is 2. The highest BCUT2D eigenvalue weighted by Crippen LogP contribution is 2.29. The van der Waals surface area contributed by atoms with Crippen LogP contribution in [0.3, 0.4) is 0 Å². The largest absolute Gasteiger partial charge is 0.464 e. The molecule has 0 aliphatic carbocycles. The summed E-state index contributed by atoms with van der Waals surface area (Å²) < 4.78 is 4.61. The van der Waals surface area contributed by atoms with Gasteiger partial charge in [0.1, 0.15) is 4.88 Å². The van der Waals surface area contributed by atoms with Crippen molar-refractivity contribution >= 4 is 57.1 Å². The first-order valence-corrected chi connectivity index (χ1v) is 7.31. The van der Waals surface area contributed by atoms with Gasteiger partial charge in [-0.15, -0.1) is 0 Å². The number of hydrogen-bond donors (Lipinski definition) is 1. The number of nitrogens with zero attached hydrogens (tertiary/aromatic N) is 1. The lowest BCUT2D eigenvalue weighted by molar-refractivity contribution is 0.0591. The topological polar surface area (TPSA) is 68.3 Å². The van der Waals surface area contributed by atoms with Gasteiger partial charge in [-0.25, -0.2) is 9.78 Å². The van der Waals surface area contributed by atoms with Crippen LogP contribution in [0.4, 0.5) is 10.8 Å². The van der Waals surface area contributed by atoms with Crippen LogP contribution in [0.25, 0.3) is 0 Å². The molecule has 0 fully saturated rings. The van der Waals surface area contributed by atoms with E-state index in [1.807, 2.05) is 0 Å². The number of thiazole rings is 1. The SMILES string of the molecule is COC(=O)c1nc(Nc2cc(Cl)cc(Cl)c2)sc1C(C)=O. The van der Waals surface area contributed by atoms with Gasteiger partial charge in [0.2, 0.25) is 0 Å². The van der Waals surface area contributed by atoms with Crippen molar-refractivity contribution in [2.45, 2.75) is 6.92 Å². The number of carbonyl (C=O) groups is 2. The smallest absolute Gasteiger partial charge is 0.358 e. The van der Waals surface area contributed by atoms with E-state index in [-0.39, 0.29) is 16.4 Å². The van der Waals surface area contributed by atoms with Gasteiger partial charge in [-0.3, -0.25) is 4.79 Å². The van der Waals surface area contributed by atoms with E-state index in [4.69, 9.17) is 23.2 Å². The molecule has 110 valence electrons. The summed E-state index contributed by atoms with van der Waals surface area (Å²) in [6, 6.07) is 4.90. The fraction of sp³-hybridized carbons (Fsp3) is 0.154. The lowest BCUT2D eigenvalue weighted by atomic mass is 10.3. The molecule has 0 atom stereocenters. The van der Waals surface area contributed by atoms with Crippen LogP contribution in [0.15, 0.2) is 18.2 Å². The van der Waals surface area contributed by atoms with E-state index in [9.17, 15) is 9.59 Å². The Morgan fingerprint density at radius 1 is 1.24 bits per heavy atom. The maximum atomic E-state index is 11.6. The molecule has 0 bridgehead atoms. The van der Waals surface area contributed by atoms with E-state index in [0.29, 0.717) is 20.9 Å². The molecule has 0 aliphatic rings. The van der Waals surface area contributed by atoms with Crippen LogP contribution in [0.2, 0.25) is 10.0 Å². The van der Waals surface area contributed by atoms with E-state index in [2.05, 4.69) is 15.0 Å². The van der Waals surface area contributed by atoms with Crippen molar-refractivity contribution in [3.8, 4) is 0 Å². The van der Waals surface area contributed by atoms with Gasteiger partial charge < -0.3 is 10.1 Å². The first-order valence-electron chi connectivity index (χ1n) is 5.74. The number of ether oxygens (including phenoxy) is 1. The number of aromatic nitrogens is 1. The van der Waals surface area contributed by atoms with Gasteiger partial charge in [0.05, 0.1) is 7.11 Å². The highest BCUT2D eigenvalue weighted by Gasteiger charge is 2.21. The van der Waals surface area contributed by atoms with E-state index in [1.165, 1.54) is 14.0 Å². The lowest BCUT2D eigenvalue weighted by Crippen LogP contribution is -2.07. The molecule has 1 aromatic carbocycles. The van der Waals surface area contributed by atoms with Crippen LogP contribution in [0.5, 0.6) is 0 Å². The van der Waals surface area contributed by atoms with E-state index >= 15 is 0 Å². The van der Waals surface area contributed by atoms with Gasteiger partial charge in [0.25, 0.3) is 0 Å². The quantitative estimate of drug-likeness (QED) is 0.665. The number of rotatable bonds is 4. The summed E-state index contributed by atoms with van der Waals surface area (Å²) in [5.41, 5.74) is 0.596. The van der Waals surface area contributed by atoms with Crippen LogP contribution in [-0.4, -0.2) is 23.8 Å². The third-order valence-electron chi connectivity index (χ3n) is 2.44. The molecule has 0 saturated carbocycles. The summed E-state index contributed by atoms with van der Waals surface area (Å²) in [4.78, 5) is 27.5. The Kier molecular flexibility index (Phi) is 4.82. The Bertz CT molecular complexity index is 695. The second kappa shape index (κ2) is 6.43. The third-order valence-corrected chi connectivity index (χ3v) is 3.95. The number of methoxy groups -OCH3 is 1. The van der Waals surface area contributed by atoms with Gasteiger partial charge in [0, 0.05) is 22.7 Å². The molecule has 0 saturated heterocycles. The predicted octanol–water partition coefficient (Wildman–Crippen LogP) is 4.18. The minimum atomic E-state index is -0.659. The lowest BCUT2D eigenvalue weighted by Gasteiger charge is -2.03. The van der Waals surface area contributed by atoms with Gasteiger partial charge in [-0.05, 0) is 18.2 Å². The zero-order valence-electron chi connectivity index (χ0n) is 11.1. The van der Waals surface area contributed by atoms with Crippen molar-refractivity contribution in [3.63, 3.8) is 0 Å². The maximum Gasteiger partial charge on any atom is 0.358 e. The molecule has 0 unspecified atom stereocenters. The molecule has 0 spiro atoms. The Morgan fingerprint density at radius 2 is 1.86 bits per heavy atom. The van der Waals surface area contributed by atoms with Crippen LogP contribution >= 0.6 is 34.5 Å². The molecule has 1 N–H and O–H groups in total. The molecule has 0 amide bonds. The summed E-state index contributed by atoms with van der Waals surface area (Å²) in [6.45, 7) is 1.36. The standard InChI is InChI=1S/C13H10Cl2N2O3S/c1-6(18)11-10(12(19)20-2)17-13(21-11)16-9-4-7(14)3-8(15)5-9/h3-5H,1-2H3,(H,16,17). The summed E-state index contributed by atoms with van der Waals surface area (Å²) in [7, 11) is 1.23. The van der Waals surface area contributed by atoms with Crippen LogP contribution in [0, 0.1) is 0 Å². The highest BCUT2D eigenvalue weighted by molar-refractivity contribution is 7.17. The fourth-order valence-corrected chi connectivity index (χ4v) is 2.99. The first-order chi connectivity index (χ1) is 9.90. The van der Waals surface area contributed by atoms with Crippen molar-refractivity contribution in [1.29, 1.82) is 0 Å². The number of benzene rings is 1. The number of hydrogen-bond acceptors (Lipinski definition) is 6. The molecule has 1 aromatic heterocycles. The maximum absolute atomic E-state index is 11.6. The van der Waals surface area contributed by atoms with Gasteiger partial charge in [-0.2, -0.15) is 0 Å². The summed E-state index contributed by atoms with van der Waals surface area (Å²) in [6.07, 6.45) is 0. The number of anilines is 2. The molecule has 1 heterocycles. The van der Waals surface area contributed by atoms with Crippen LogP contribution < -0.4 is 5.32 Å². The first kappa shape index (κ1) is 15.8. The molecule has 21 heavy (non-hydrogen) atoms. The predicted molar refractivity (Wildman–Crippen MR) is 83.2 cm³/mol. The minimum absolute atomic E-state index is 0.00868. The highest BCUT2D eigenvalue weighted by atomic mass is 35.5. The molecule has 0 radical (unpaired) electrons. The molecular formula is C13H10Cl2N2O3S. The molecule has 2 rings (SSSR count). The second-order valence-electron chi connectivity index (χ2n) is 4.03. The number of esters is 1. The molecule has 2 aromatic rings. The molecule has 0 aliphatic heterocycles. The molecule has 8 heteroatoms. The van der Waals surface area contributed by atoms with Crippen molar-refractivity contribution in [1.82, 2.24) is 4.98 Å². The molecular weight excluding hydrogens is 335 g/mol. The number of nitrogens with one attached hydrogen (secondary N) is 1. The second-order valence-corrected chi connectivity index (χ2v) is 5.90. The minimum Gasteiger partial charge on any atom is -0.464 e. The van der Waals surface area contributed by atoms with E-state index in [0.717, 1.165) is 11.3 Å².